The summed E-state index contributed by atoms with van der Waals surface area (Å²) in [6.07, 6.45) is 4.36. The zero-order valence-electron chi connectivity index (χ0n) is 12.5. The van der Waals surface area contributed by atoms with Gasteiger partial charge >= 0.3 is 0 Å². The average molecular weight is 286 g/mol. The van der Waals surface area contributed by atoms with Gasteiger partial charge in [0, 0.05) is 18.1 Å². The molecule has 21 heavy (non-hydrogen) atoms. The van der Waals surface area contributed by atoms with E-state index in [-0.39, 0.29) is 5.91 Å². The fraction of sp³-hybridized carbons (Fsp3) is 0.375. The smallest absolute Gasteiger partial charge is 0.241 e. The van der Waals surface area contributed by atoms with Crippen molar-refractivity contribution in [3.8, 4) is 0 Å². The SMILES string of the molecule is CC(C)CC(N)C(=O)Nc1ccc(Cn2cccn2)cc1. The number of aromatic nitrogens is 2. The number of nitrogens with one attached hydrogen (secondary N) is 1. The number of amides is 1. The Balaban J connectivity index is 1.91. The molecule has 1 heterocycles. The van der Waals surface area contributed by atoms with Crippen LogP contribution in [0.5, 0.6) is 0 Å². The first kappa shape index (κ1) is 15.3. The molecule has 5 nitrogen and oxygen atoms in total. The second-order valence-corrected chi connectivity index (χ2v) is 5.63. The van der Waals surface area contributed by atoms with Crippen LogP contribution in [0.3, 0.4) is 0 Å². The highest BCUT2D eigenvalue weighted by atomic mass is 16.2. The molecule has 1 aromatic carbocycles. The van der Waals surface area contributed by atoms with Crippen molar-refractivity contribution >= 4 is 11.6 Å². The highest BCUT2D eigenvalue weighted by molar-refractivity contribution is 5.94. The largest absolute Gasteiger partial charge is 0.325 e. The maximum atomic E-state index is 11.9. The molecule has 0 fully saturated rings. The number of carbonyl (C=O) groups is 1. The lowest BCUT2D eigenvalue weighted by Crippen LogP contribution is -2.36. The minimum absolute atomic E-state index is 0.136. The molecule has 0 aliphatic rings. The van der Waals surface area contributed by atoms with Gasteiger partial charge in [-0.2, -0.15) is 5.10 Å². The van der Waals surface area contributed by atoms with Gasteiger partial charge in [-0.3, -0.25) is 9.48 Å². The predicted molar refractivity (Wildman–Crippen MR) is 83.8 cm³/mol. The van der Waals surface area contributed by atoms with E-state index in [1.807, 2.05) is 41.2 Å². The summed E-state index contributed by atoms with van der Waals surface area (Å²) < 4.78 is 1.85. The van der Waals surface area contributed by atoms with Gasteiger partial charge < -0.3 is 11.1 Å². The molecule has 1 aromatic heterocycles. The quantitative estimate of drug-likeness (QED) is 0.855. The van der Waals surface area contributed by atoms with E-state index in [9.17, 15) is 4.79 Å². The molecule has 0 spiro atoms. The highest BCUT2D eigenvalue weighted by Gasteiger charge is 2.14. The second-order valence-electron chi connectivity index (χ2n) is 5.63. The summed E-state index contributed by atoms with van der Waals surface area (Å²) in [5.74, 6) is 0.269. The van der Waals surface area contributed by atoms with Gasteiger partial charge in [0.25, 0.3) is 0 Å². The molecule has 2 aromatic rings. The normalized spacial score (nSPS) is 12.4. The van der Waals surface area contributed by atoms with Crippen LogP contribution >= 0.6 is 0 Å². The van der Waals surface area contributed by atoms with Crippen LogP contribution in [0.2, 0.25) is 0 Å². The molecular weight excluding hydrogens is 264 g/mol. The third-order valence-electron chi connectivity index (χ3n) is 3.19. The van der Waals surface area contributed by atoms with Crippen LogP contribution in [0, 0.1) is 5.92 Å². The van der Waals surface area contributed by atoms with Crippen molar-refractivity contribution in [2.45, 2.75) is 32.9 Å². The van der Waals surface area contributed by atoms with Crippen molar-refractivity contribution in [2.75, 3.05) is 5.32 Å². The fourth-order valence-corrected chi connectivity index (χ4v) is 2.12. The summed E-state index contributed by atoms with van der Waals surface area (Å²) >= 11 is 0. The fourth-order valence-electron chi connectivity index (χ4n) is 2.12. The second kappa shape index (κ2) is 7.04. The molecule has 1 unspecified atom stereocenters. The van der Waals surface area contributed by atoms with Gasteiger partial charge in [0.2, 0.25) is 5.91 Å². The number of benzene rings is 1. The van der Waals surface area contributed by atoms with Crippen LogP contribution in [0.15, 0.2) is 42.7 Å². The van der Waals surface area contributed by atoms with Crippen LogP contribution in [-0.4, -0.2) is 21.7 Å². The van der Waals surface area contributed by atoms with E-state index in [1.54, 1.807) is 6.20 Å². The number of hydrogen-bond donors (Lipinski definition) is 2. The van der Waals surface area contributed by atoms with Gasteiger partial charge in [-0.1, -0.05) is 26.0 Å². The molecule has 0 radical (unpaired) electrons. The van der Waals surface area contributed by atoms with Gasteiger partial charge in [0.15, 0.2) is 0 Å². The van der Waals surface area contributed by atoms with Crippen molar-refractivity contribution in [1.29, 1.82) is 0 Å². The summed E-state index contributed by atoms with van der Waals surface area (Å²) in [6, 6.07) is 9.16. The molecular formula is C16H22N4O. The van der Waals surface area contributed by atoms with E-state index >= 15 is 0 Å². The zero-order chi connectivity index (χ0) is 15.2. The lowest BCUT2D eigenvalue weighted by atomic mass is 10.0. The first-order valence-corrected chi connectivity index (χ1v) is 7.17. The van der Waals surface area contributed by atoms with Gasteiger partial charge in [0.05, 0.1) is 12.6 Å². The Morgan fingerprint density at radius 3 is 2.62 bits per heavy atom. The molecule has 112 valence electrons. The summed E-state index contributed by atoms with van der Waals surface area (Å²) in [5, 5.41) is 7.01. The Bertz CT molecular complexity index is 560. The summed E-state index contributed by atoms with van der Waals surface area (Å²) in [4.78, 5) is 11.9. The Hall–Kier alpha value is -2.14. The number of nitrogens with zero attached hydrogens (tertiary/aromatic N) is 2. The third-order valence-corrected chi connectivity index (χ3v) is 3.19. The van der Waals surface area contributed by atoms with E-state index in [2.05, 4.69) is 24.3 Å². The van der Waals surface area contributed by atoms with Crippen LogP contribution < -0.4 is 11.1 Å². The van der Waals surface area contributed by atoms with Crippen molar-refractivity contribution in [3.05, 3.63) is 48.3 Å². The van der Waals surface area contributed by atoms with Crippen molar-refractivity contribution in [2.24, 2.45) is 11.7 Å². The molecule has 2 rings (SSSR count). The Labute approximate surface area is 125 Å². The number of nitrogens with two attached hydrogens (primary N) is 1. The average Bonchev–Trinajstić information content (AvgIpc) is 2.93. The topological polar surface area (TPSA) is 72.9 Å². The molecule has 0 aliphatic heterocycles. The molecule has 0 bridgehead atoms. The summed E-state index contributed by atoms with van der Waals surface area (Å²) in [5.41, 5.74) is 7.76. The van der Waals surface area contributed by atoms with E-state index in [0.717, 1.165) is 11.3 Å². The van der Waals surface area contributed by atoms with E-state index < -0.39 is 6.04 Å². The van der Waals surface area contributed by atoms with Crippen molar-refractivity contribution < 1.29 is 4.79 Å². The minimum Gasteiger partial charge on any atom is -0.325 e. The zero-order valence-corrected chi connectivity index (χ0v) is 12.5. The maximum Gasteiger partial charge on any atom is 0.241 e. The molecule has 0 saturated heterocycles. The van der Waals surface area contributed by atoms with E-state index in [0.29, 0.717) is 18.9 Å². The van der Waals surface area contributed by atoms with Crippen LogP contribution in [-0.2, 0) is 11.3 Å². The summed E-state index contributed by atoms with van der Waals surface area (Å²) in [7, 11) is 0. The molecule has 1 atom stereocenters. The highest BCUT2D eigenvalue weighted by Crippen LogP contribution is 2.12. The first-order valence-electron chi connectivity index (χ1n) is 7.17. The Morgan fingerprint density at radius 1 is 1.33 bits per heavy atom. The van der Waals surface area contributed by atoms with Crippen LogP contribution in [0.25, 0.3) is 0 Å². The van der Waals surface area contributed by atoms with Gasteiger partial charge in [0.1, 0.15) is 0 Å². The van der Waals surface area contributed by atoms with E-state index in [1.165, 1.54) is 0 Å². The monoisotopic (exact) mass is 286 g/mol. The van der Waals surface area contributed by atoms with Crippen molar-refractivity contribution in [1.82, 2.24) is 9.78 Å². The molecule has 1 amide bonds. The predicted octanol–water partition coefficient (Wildman–Crippen LogP) is 2.24. The standard InChI is InChI=1S/C16H22N4O/c1-12(2)10-15(17)16(21)19-14-6-4-13(5-7-14)11-20-9-3-8-18-20/h3-9,12,15H,10-11,17H2,1-2H3,(H,19,21). The number of hydrogen-bond acceptors (Lipinski definition) is 3. The van der Waals surface area contributed by atoms with Gasteiger partial charge in [-0.15, -0.1) is 0 Å². The van der Waals surface area contributed by atoms with Crippen LogP contribution in [0.1, 0.15) is 25.8 Å². The maximum absolute atomic E-state index is 11.9. The number of anilines is 1. The lowest BCUT2D eigenvalue weighted by Gasteiger charge is -2.14. The van der Waals surface area contributed by atoms with Crippen LogP contribution in [0.4, 0.5) is 5.69 Å². The molecule has 0 aliphatic carbocycles. The number of carbonyl (C=O) groups excluding carboxylic acids is 1. The van der Waals surface area contributed by atoms with Gasteiger partial charge in [-0.05, 0) is 36.1 Å². The third kappa shape index (κ3) is 4.72. The minimum atomic E-state index is -0.464. The van der Waals surface area contributed by atoms with Gasteiger partial charge in [-0.25, -0.2) is 0 Å². The summed E-state index contributed by atoms with van der Waals surface area (Å²) in [6.45, 7) is 4.82. The first-order chi connectivity index (χ1) is 10.0. The molecule has 5 heteroatoms. The Kier molecular flexibility index (Phi) is 5.11. The molecule has 3 N–H and O–H groups in total. The lowest BCUT2D eigenvalue weighted by molar-refractivity contribution is -0.117. The van der Waals surface area contributed by atoms with Crippen molar-refractivity contribution in [3.63, 3.8) is 0 Å². The number of rotatable bonds is 6. The van der Waals surface area contributed by atoms with E-state index in [4.69, 9.17) is 5.73 Å². The Morgan fingerprint density at radius 2 is 2.05 bits per heavy atom. The molecule has 0 saturated carbocycles.